The lowest BCUT2D eigenvalue weighted by Gasteiger charge is -2.26. The first-order valence-electron chi connectivity index (χ1n) is 4.98. The molecule has 1 saturated carbocycles. The number of rotatable bonds is 4. The average molecular weight is 248 g/mol. The molecule has 0 radical (unpaired) electrons. The molecule has 2 nitrogen and oxygen atoms in total. The third kappa shape index (κ3) is 2.70. The van der Waals surface area contributed by atoms with Crippen LogP contribution in [0.3, 0.4) is 0 Å². The van der Waals surface area contributed by atoms with Crippen LogP contribution >= 0.6 is 15.9 Å². The first-order valence-corrected chi connectivity index (χ1v) is 5.90. The average Bonchev–Trinajstić information content (AvgIpc) is 2.96. The Kier molecular flexibility index (Phi) is 3.77. The lowest BCUT2D eigenvalue weighted by atomic mass is 10.2. The predicted molar refractivity (Wildman–Crippen MR) is 58.0 cm³/mol. The van der Waals surface area contributed by atoms with E-state index in [4.69, 9.17) is 0 Å². The fourth-order valence-electron chi connectivity index (χ4n) is 1.49. The predicted octanol–water partition coefficient (Wildman–Crippen LogP) is 2.42. The molecule has 0 aromatic rings. The molecular formula is C10H18BrNO. The van der Waals surface area contributed by atoms with Gasteiger partial charge in [-0.15, -0.1) is 0 Å². The van der Waals surface area contributed by atoms with Crippen molar-refractivity contribution in [3.8, 4) is 0 Å². The van der Waals surface area contributed by atoms with E-state index in [1.807, 2.05) is 18.9 Å². The summed E-state index contributed by atoms with van der Waals surface area (Å²) in [6, 6.07) is 0.416. The molecule has 0 aromatic heterocycles. The summed E-state index contributed by atoms with van der Waals surface area (Å²) in [4.78, 5) is 13.6. The Balaban J connectivity index is 2.44. The van der Waals surface area contributed by atoms with E-state index in [1.165, 1.54) is 12.8 Å². The standard InChI is InChI=1S/C10H18BrNO/c1-4-9(11)10(13)12(3)7(2)8-5-6-8/h7-9H,4-6H2,1-3H3. The molecule has 0 aliphatic heterocycles. The zero-order chi connectivity index (χ0) is 10.0. The van der Waals surface area contributed by atoms with Crippen molar-refractivity contribution in [1.29, 1.82) is 0 Å². The minimum Gasteiger partial charge on any atom is -0.342 e. The van der Waals surface area contributed by atoms with Gasteiger partial charge in [-0.3, -0.25) is 4.79 Å². The number of amides is 1. The largest absolute Gasteiger partial charge is 0.342 e. The number of nitrogens with zero attached hydrogens (tertiary/aromatic N) is 1. The van der Waals surface area contributed by atoms with E-state index < -0.39 is 0 Å². The van der Waals surface area contributed by atoms with Crippen LogP contribution in [0.15, 0.2) is 0 Å². The van der Waals surface area contributed by atoms with Gasteiger partial charge in [0, 0.05) is 13.1 Å². The van der Waals surface area contributed by atoms with Crippen molar-refractivity contribution in [3.05, 3.63) is 0 Å². The molecule has 0 bridgehead atoms. The number of alkyl halides is 1. The molecule has 76 valence electrons. The van der Waals surface area contributed by atoms with E-state index in [0.29, 0.717) is 6.04 Å². The highest BCUT2D eigenvalue weighted by Gasteiger charge is 2.33. The van der Waals surface area contributed by atoms with Crippen molar-refractivity contribution < 1.29 is 4.79 Å². The van der Waals surface area contributed by atoms with Gasteiger partial charge in [-0.05, 0) is 32.1 Å². The first-order chi connectivity index (χ1) is 6.07. The van der Waals surface area contributed by atoms with Crippen molar-refractivity contribution in [2.45, 2.75) is 44.0 Å². The SMILES string of the molecule is CCC(Br)C(=O)N(C)C(C)C1CC1. The van der Waals surface area contributed by atoms with E-state index in [0.717, 1.165) is 12.3 Å². The summed E-state index contributed by atoms with van der Waals surface area (Å²) in [5.41, 5.74) is 0. The molecule has 0 saturated heterocycles. The van der Waals surface area contributed by atoms with Crippen LogP contribution in [0.1, 0.15) is 33.1 Å². The van der Waals surface area contributed by atoms with Gasteiger partial charge in [0.1, 0.15) is 0 Å². The molecule has 0 heterocycles. The fraction of sp³-hybridized carbons (Fsp3) is 0.900. The van der Waals surface area contributed by atoms with Crippen molar-refractivity contribution in [1.82, 2.24) is 4.90 Å². The summed E-state index contributed by atoms with van der Waals surface area (Å²) in [5, 5.41) is 0. The van der Waals surface area contributed by atoms with E-state index in [1.54, 1.807) is 0 Å². The topological polar surface area (TPSA) is 20.3 Å². The smallest absolute Gasteiger partial charge is 0.236 e. The molecule has 1 aliphatic rings. The maximum Gasteiger partial charge on any atom is 0.236 e. The second kappa shape index (κ2) is 4.45. The van der Waals surface area contributed by atoms with Gasteiger partial charge in [-0.25, -0.2) is 0 Å². The maximum atomic E-state index is 11.7. The third-order valence-electron chi connectivity index (χ3n) is 2.89. The fourth-order valence-corrected chi connectivity index (χ4v) is 1.81. The molecule has 0 aromatic carbocycles. The molecule has 2 unspecified atom stereocenters. The number of hydrogen-bond donors (Lipinski definition) is 0. The Labute approximate surface area is 88.8 Å². The van der Waals surface area contributed by atoms with Crippen LogP contribution in [0.4, 0.5) is 0 Å². The van der Waals surface area contributed by atoms with E-state index >= 15 is 0 Å². The normalized spacial score (nSPS) is 20.9. The third-order valence-corrected chi connectivity index (χ3v) is 3.93. The Hall–Kier alpha value is -0.0500. The van der Waals surface area contributed by atoms with E-state index in [9.17, 15) is 4.79 Å². The van der Waals surface area contributed by atoms with Gasteiger partial charge >= 0.3 is 0 Å². The van der Waals surface area contributed by atoms with Gasteiger partial charge in [0.15, 0.2) is 0 Å². The lowest BCUT2D eigenvalue weighted by Crippen LogP contribution is -2.40. The second-order valence-corrected chi connectivity index (χ2v) is 5.01. The van der Waals surface area contributed by atoms with Crippen molar-refractivity contribution >= 4 is 21.8 Å². The van der Waals surface area contributed by atoms with Crippen LogP contribution in [0, 0.1) is 5.92 Å². The zero-order valence-electron chi connectivity index (χ0n) is 8.59. The molecule has 13 heavy (non-hydrogen) atoms. The highest BCUT2D eigenvalue weighted by atomic mass is 79.9. The Morgan fingerprint density at radius 2 is 2.15 bits per heavy atom. The molecule has 1 fully saturated rings. The van der Waals surface area contributed by atoms with Gasteiger partial charge < -0.3 is 4.90 Å². The molecule has 1 amide bonds. The molecule has 2 atom stereocenters. The summed E-state index contributed by atoms with van der Waals surface area (Å²) in [7, 11) is 1.91. The summed E-state index contributed by atoms with van der Waals surface area (Å²) >= 11 is 3.39. The summed E-state index contributed by atoms with van der Waals surface area (Å²) < 4.78 is 0. The molecular weight excluding hydrogens is 230 g/mol. The Bertz CT molecular complexity index is 191. The van der Waals surface area contributed by atoms with Gasteiger partial charge in [0.05, 0.1) is 4.83 Å². The monoisotopic (exact) mass is 247 g/mol. The molecule has 0 N–H and O–H groups in total. The highest BCUT2D eigenvalue weighted by Crippen LogP contribution is 2.35. The molecule has 1 aliphatic carbocycles. The minimum absolute atomic E-state index is 0.00120. The van der Waals surface area contributed by atoms with Crippen molar-refractivity contribution in [3.63, 3.8) is 0 Å². The summed E-state index contributed by atoms with van der Waals surface area (Å²) in [6.45, 7) is 4.16. The number of carbonyl (C=O) groups is 1. The number of carbonyl (C=O) groups excluding carboxylic acids is 1. The van der Waals surface area contributed by atoms with E-state index in [2.05, 4.69) is 22.9 Å². The number of hydrogen-bond acceptors (Lipinski definition) is 1. The highest BCUT2D eigenvalue weighted by molar-refractivity contribution is 9.10. The van der Waals surface area contributed by atoms with Gasteiger partial charge in [0.25, 0.3) is 0 Å². The summed E-state index contributed by atoms with van der Waals surface area (Å²) in [5.74, 6) is 0.979. The molecule has 0 spiro atoms. The second-order valence-electron chi connectivity index (χ2n) is 3.90. The van der Waals surface area contributed by atoms with Crippen LogP contribution < -0.4 is 0 Å². The van der Waals surface area contributed by atoms with Gasteiger partial charge in [-0.2, -0.15) is 0 Å². The van der Waals surface area contributed by atoms with Crippen molar-refractivity contribution in [2.24, 2.45) is 5.92 Å². The zero-order valence-corrected chi connectivity index (χ0v) is 10.2. The van der Waals surface area contributed by atoms with Gasteiger partial charge in [-0.1, -0.05) is 22.9 Å². The number of halogens is 1. The van der Waals surface area contributed by atoms with E-state index in [-0.39, 0.29) is 10.7 Å². The maximum absolute atomic E-state index is 11.7. The Morgan fingerprint density at radius 3 is 2.54 bits per heavy atom. The minimum atomic E-state index is -0.00120. The van der Waals surface area contributed by atoms with Crippen LogP contribution in [0.5, 0.6) is 0 Å². The first kappa shape index (κ1) is 11.0. The molecule has 1 rings (SSSR count). The van der Waals surface area contributed by atoms with Crippen LogP contribution in [0.25, 0.3) is 0 Å². The summed E-state index contributed by atoms with van der Waals surface area (Å²) in [6.07, 6.45) is 3.44. The molecule has 3 heteroatoms. The Morgan fingerprint density at radius 1 is 1.62 bits per heavy atom. The van der Waals surface area contributed by atoms with Crippen molar-refractivity contribution in [2.75, 3.05) is 7.05 Å². The van der Waals surface area contributed by atoms with Gasteiger partial charge in [0.2, 0.25) is 5.91 Å². The quantitative estimate of drug-likeness (QED) is 0.699. The van der Waals surface area contributed by atoms with Crippen LogP contribution in [-0.4, -0.2) is 28.7 Å². The lowest BCUT2D eigenvalue weighted by molar-refractivity contribution is -0.131. The van der Waals surface area contributed by atoms with Crippen LogP contribution in [0.2, 0.25) is 0 Å². The van der Waals surface area contributed by atoms with Crippen LogP contribution in [-0.2, 0) is 4.79 Å².